The molecule has 1 atom stereocenters. The van der Waals surface area contributed by atoms with Crippen LogP contribution in [0.2, 0.25) is 0 Å². The van der Waals surface area contributed by atoms with E-state index in [4.69, 9.17) is 4.74 Å². The van der Waals surface area contributed by atoms with Crippen LogP contribution in [0.4, 0.5) is 0 Å². The maximum Gasteiger partial charge on any atom is 0.270 e. The first-order valence-electron chi connectivity index (χ1n) is 9.31. The molecule has 4 rings (SSSR count). The first-order valence-corrected chi connectivity index (χ1v) is 9.31. The summed E-state index contributed by atoms with van der Waals surface area (Å²) in [6, 6.07) is 5.52. The molecule has 1 saturated carbocycles. The number of nitrogens with one attached hydrogen (secondary N) is 1. The number of pyridine rings is 1. The number of carbonyl (C=O) groups excluding carboxylic acids is 1. The van der Waals surface area contributed by atoms with Crippen molar-refractivity contribution in [3.63, 3.8) is 0 Å². The van der Waals surface area contributed by atoms with Gasteiger partial charge >= 0.3 is 0 Å². The van der Waals surface area contributed by atoms with E-state index >= 15 is 0 Å². The molecule has 2 aliphatic heterocycles. The molecule has 1 spiro atoms. The average Bonchev–Trinajstić information content (AvgIpc) is 2.96. The average molecular weight is 329 g/mol. The van der Waals surface area contributed by atoms with Crippen molar-refractivity contribution in [2.45, 2.75) is 50.2 Å². The molecule has 0 bridgehead atoms. The van der Waals surface area contributed by atoms with E-state index in [1.54, 1.807) is 12.3 Å². The van der Waals surface area contributed by atoms with Crippen LogP contribution in [0.3, 0.4) is 0 Å². The Morgan fingerprint density at radius 2 is 2.17 bits per heavy atom. The third-order valence-electron chi connectivity index (χ3n) is 5.95. The second kappa shape index (κ2) is 6.81. The molecule has 1 N–H and O–H groups in total. The van der Waals surface area contributed by atoms with E-state index in [1.807, 2.05) is 12.1 Å². The summed E-state index contributed by atoms with van der Waals surface area (Å²) in [4.78, 5) is 19.0. The van der Waals surface area contributed by atoms with E-state index in [-0.39, 0.29) is 17.6 Å². The predicted octanol–water partition coefficient (Wildman–Crippen LogP) is 2.23. The van der Waals surface area contributed by atoms with Gasteiger partial charge in [0.1, 0.15) is 5.69 Å². The van der Waals surface area contributed by atoms with Gasteiger partial charge in [-0.2, -0.15) is 0 Å². The summed E-state index contributed by atoms with van der Waals surface area (Å²) in [5.74, 6) is 0.845. The highest BCUT2D eigenvalue weighted by atomic mass is 16.5. The molecule has 3 heterocycles. The lowest BCUT2D eigenvalue weighted by atomic mass is 9.83. The predicted molar refractivity (Wildman–Crippen MR) is 91.8 cm³/mol. The molecule has 0 radical (unpaired) electrons. The van der Waals surface area contributed by atoms with Gasteiger partial charge in [0.2, 0.25) is 0 Å². The van der Waals surface area contributed by atoms with E-state index in [0.717, 1.165) is 38.3 Å². The standard InChI is InChI=1S/C19H27N3O2/c23-18(17-6-1-2-9-20-17)21-16-12-19(24-14-16)7-10-22(11-8-19)13-15-4-3-5-15/h1-2,6,9,15-16H,3-5,7-8,10-14H2,(H,21,23)/t16-/m0/s1. The van der Waals surface area contributed by atoms with Gasteiger partial charge in [-0.05, 0) is 50.2 Å². The lowest BCUT2D eigenvalue weighted by molar-refractivity contribution is -0.0473. The number of hydrogen-bond donors (Lipinski definition) is 1. The molecule has 0 aromatic carbocycles. The molecule has 5 heteroatoms. The van der Waals surface area contributed by atoms with Crippen molar-refractivity contribution in [3.05, 3.63) is 30.1 Å². The normalized spacial score (nSPS) is 27.1. The first kappa shape index (κ1) is 16.0. The number of carbonyl (C=O) groups is 1. The summed E-state index contributed by atoms with van der Waals surface area (Å²) in [6.07, 6.45) is 9.02. The largest absolute Gasteiger partial charge is 0.373 e. The van der Waals surface area contributed by atoms with E-state index in [1.165, 1.54) is 25.8 Å². The highest BCUT2D eigenvalue weighted by molar-refractivity contribution is 5.92. The second-order valence-electron chi connectivity index (χ2n) is 7.68. The van der Waals surface area contributed by atoms with Crippen LogP contribution >= 0.6 is 0 Å². The number of amides is 1. The Hall–Kier alpha value is -1.46. The molecule has 5 nitrogen and oxygen atoms in total. The van der Waals surface area contributed by atoms with Crippen LogP contribution in [-0.2, 0) is 4.74 Å². The number of rotatable bonds is 4. The van der Waals surface area contributed by atoms with Gasteiger partial charge in [0, 0.05) is 25.8 Å². The Morgan fingerprint density at radius 1 is 1.33 bits per heavy atom. The fraction of sp³-hybridized carbons (Fsp3) is 0.684. The van der Waals surface area contributed by atoms with Gasteiger partial charge in [0.05, 0.1) is 18.2 Å². The van der Waals surface area contributed by atoms with Crippen LogP contribution in [0.1, 0.15) is 49.0 Å². The molecule has 1 aliphatic carbocycles. The molecule has 3 aliphatic rings. The number of piperidine rings is 1. The van der Waals surface area contributed by atoms with Crippen LogP contribution in [0.15, 0.2) is 24.4 Å². The minimum atomic E-state index is -0.0938. The summed E-state index contributed by atoms with van der Waals surface area (Å²) in [7, 11) is 0. The van der Waals surface area contributed by atoms with E-state index in [9.17, 15) is 4.79 Å². The lowest BCUT2D eigenvalue weighted by Gasteiger charge is -2.41. The number of aromatic nitrogens is 1. The molecule has 1 aromatic rings. The zero-order valence-electron chi connectivity index (χ0n) is 14.2. The van der Waals surface area contributed by atoms with Crippen molar-refractivity contribution in [1.82, 2.24) is 15.2 Å². The zero-order valence-corrected chi connectivity index (χ0v) is 14.2. The minimum Gasteiger partial charge on any atom is -0.373 e. The van der Waals surface area contributed by atoms with Crippen molar-refractivity contribution in [2.75, 3.05) is 26.2 Å². The van der Waals surface area contributed by atoms with Gasteiger partial charge in [-0.3, -0.25) is 9.78 Å². The van der Waals surface area contributed by atoms with Gasteiger partial charge in [0.15, 0.2) is 0 Å². The van der Waals surface area contributed by atoms with Crippen molar-refractivity contribution >= 4 is 5.91 Å². The minimum absolute atomic E-state index is 0.0157. The number of hydrogen-bond acceptors (Lipinski definition) is 4. The SMILES string of the molecule is O=C(N[C@@H]1COC2(CCN(CC3CCC3)CC2)C1)c1ccccn1. The Morgan fingerprint density at radius 3 is 2.83 bits per heavy atom. The van der Waals surface area contributed by atoms with Gasteiger partial charge < -0.3 is 15.0 Å². The van der Waals surface area contributed by atoms with E-state index in [0.29, 0.717) is 12.3 Å². The quantitative estimate of drug-likeness (QED) is 0.920. The van der Waals surface area contributed by atoms with Crippen LogP contribution in [0, 0.1) is 5.92 Å². The maximum absolute atomic E-state index is 12.2. The summed E-state index contributed by atoms with van der Waals surface area (Å²) in [6.45, 7) is 4.17. The molecule has 2 saturated heterocycles. The Labute approximate surface area is 143 Å². The fourth-order valence-electron chi connectivity index (χ4n) is 4.23. The lowest BCUT2D eigenvalue weighted by Crippen LogP contribution is -2.46. The van der Waals surface area contributed by atoms with Gasteiger partial charge in [-0.1, -0.05) is 12.5 Å². The third kappa shape index (κ3) is 3.47. The smallest absolute Gasteiger partial charge is 0.270 e. The molecule has 1 amide bonds. The van der Waals surface area contributed by atoms with E-state index < -0.39 is 0 Å². The first-order chi connectivity index (χ1) is 11.7. The zero-order chi connectivity index (χ0) is 16.4. The second-order valence-corrected chi connectivity index (χ2v) is 7.68. The molecular formula is C19H27N3O2. The topological polar surface area (TPSA) is 54.5 Å². The van der Waals surface area contributed by atoms with Crippen LogP contribution < -0.4 is 5.32 Å². The molecular weight excluding hydrogens is 302 g/mol. The highest BCUT2D eigenvalue weighted by Crippen LogP contribution is 2.37. The third-order valence-corrected chi connectivity index (χ3v) is 5.95. The van der Waals surface area contributed by atoms with Gasteiger partial charge in [0.25, 0.3) is 5.91 Å². The number of likely N-dealkylation sites (tertiary alicyclic amines) is 1. The number of ether oxygens (including phenoxy) is 1. The Kier molecular flexibility index (Phi) is 4.55. The molecule has 24 heavy (non-hydrogen) atoms. The summed E-state index contributed by atoms with van der Waals surface area (Å²) < 4.78 is 6.16. The van der Waals surface area contributed by atoms with E-state index in [2.05, 4.69) is 15.2 Å². The summed E-state index contributed by atoms with van der Waals surface area (Å²) in [5.41, 5.74) is 0.465. The van der Waals surface area contributed by atoms with Crippen LogP contribution in [-0.4, -0.2) is 53.7 Å². The van der Waals surface area contributed by atoms with Crippen molar-refractivity contribution in [2.24, 2.45) is 5.92 Å². The highest BCUT2D eigenvalue weighted by Gasteiger charge is 2.43. The Balaban J connectivity index is 1.26. The van der Waals surface area contributed by atoms with Crippen molar-refractivity contribution in [1.29, 1.82) is 0 Å². The van der Waals surface area contributed by atoms with Crippen LogP contribution in [0.5, 0.6) is 0 Å². The van der Waals surface area contributed by atoms with Crippen LogP contribution in [0.25, 0.3) is 0 Å². The number of nitrogens with zero attached hydrogens (tertiary/aromatic N) is 2. The van der Waals surface area contributed by atoms with Gasteiger partial charge in [-0.15, -0.1) is 0 Å². The van der Waals surface area contributed by atoms with Gasteiger partial charge in [-0.25, -0.2) is 0 Å². The maximum atomic E-state index is 12.2. The molecule has 130 valence electrons. The Bertz CT molecular complexity index is 565. The monoisotopic (exact) mass is 329 g/mol. The molecule has 3 fully saturated rings. The summed E-state index contributed by atoms with van der Waals surface area (Å²) >= 11 is 0. The fourth-order valence-corrected chi connectivity index (χ4v) is 4.23. The molecule has 0 unspecified atom stereocenters. The summed E-state index contributed by atoms with van der Waals surface area (Å²) in [5, 5.41) is 3.09. The molecule has 1 aromatic heterocycles. The van der Waals surface area contributed by atoms with Crippen molar-refractivity contribution in [3.8, 4) is 0 Å². The van der Waals surface area contributed by atoms with Crippen molar-refractivity contribution < 1.29 is 9.53 Å².